The van der Waals surface area contributed by atoms with Gasteiger partial charge in [0.05, 0.1) is 4.92 Å². The third-order valence-corrected chi connectivity index (χ3v) is 4.24. The molecule has 2 heterocycles. The van der Waals surface area contributed by atoms with Crippen LogP contribution < -0.4 is 10.2 Å². The van der Waals surface area contributed by atoms with Crippen LogP contribution in [0.2, 0.25) is 0 Å². The molecule has 19 heavy (non-hydrogen) atoms. The highest BCUT2D eigenvalue weighted by atomic mass is 32.2. The van der Waals surface area contributed by atoms with Crippen molar-refractivity contribution >= 4 is 29.1 Å². The van der Waals surface area contributed by atoms with Gasteiger partial charge in [-0.2, -0.15) is 11.8 Å². The highest BCUT2D eigenvalue weighted by molar-refractivity contribution is 7.99. The molecule has 0 amide bonds. The lowest BCUT2D eigenvalue weighted by Crippen LogP contribution is -2.41. The van der Waals surface area contributed by atoms with Gasteiger partial charge < -0.3 is 10.2 Å². The smallest absolute Gasteiger partial charge is 0.311 e. The molecule has 1 unspecified atom stereocenters. The topological polar surface area (TPSA) is 71.3 Å². The molecule has 0 aliphatic carbocycles. The van der Waals surface area contributed by atoms with Crippen molar-refractivity contribution in [3.63, 3.8) is 0 Å². The van der Waals surface area contributed by atoms with E-state index in [9.17, 15) is 10.1 Å². The van der Waals surface area contributed by atoms with E-state index in [1.807, 2.05) is 23.6 Å². The molecule has 1 saturated heterocycles. The monoisotopic (exact) mass is 282 g/mol. The van der Waals surface area contributed by atoms with Crippen molar-refractivity contribution in [1.29, 1.82) is 0 Å². The van der Waals surface area contributed by atoms with Crippen LogP contribution in [0, 0.1) is 10.1 Å². The number of pyridine rings is 1. The second-order valence-corrected chi connectivity index (χ2v) is 5.59. The van der Waals surface area contributed by atoms with Crippen molar-refractivity contribution in [3.8, 4) is 0 Å². The summed E-state index contributed by atoms with van der Waals surface area (Å²) in [6, 6.07) is 3.46. The van der Waals surface area contributed by atoms with Gasteiger partial charge in [0.15, 0.2) is 0 Å². The summed E-state index contributed by atoms with van der Waals surface area (Å²) >= 11 is 1.88. The summed E-state index contributed by atoms with van der Waals surface area (Å²) < 4.78 is 0. The Hall–Kier alpha value is -1.50. The lowest BCUT2D eigenvalue weighted by atomic mass is 10.2. The number of hydrogen-bond acceptors (Lipinski definition) is 6. The summed E-state index contributed by atoms with van der Waals surface area (Å²) in [7, 11) is 0. The van der Waals surface area contributed by atoms with Crippen LogP contribution in [0.25, 0.3) is 0 Å². The van der Waals surface area contributed by atoms with Crippen LogP contribution in [-0.2, 0) is 0 Å². The number of nitrogens with zero attached hydrogens (tertiary/aromatic N) is 3. The van der Waals surface area contributed by atoms with Crippen LogP contribution in [0.15, 0.2) is 12.1 Å². The molecule has 0 spiro atoms. The molecule has 104 valence electrons. The SMILES string of the molecule is CCNc1ccc([N+](=O)[O-])c(N2CCSCC2C)n1. The van der Waals surface area contributed by atoms with Crippen LogP contribution in [-0.4, -0.2) is 40.5 Å². The number of nitro groups is 1. The minimum absolute atomic E-state index is 0.0837. The standard InChI is InChI=1S/C12H18N4O2S/c1-3-13-11-5-4-10(16(17)18)12(14-11)15-6-7-19-8-9(15)2/h4-5,9H,3,6-8H2,1-2H3,(H,13,14). The molecule has 0 radical (unpaired) electrons. The van der Waals surface area contributed by atoms with Gasteiger partial charge in [-0.15, -0.1) is 0 Å². The third-order valence-electron chi connectivity index (χ3n) is 3.05. The molecule has 1 atom stereocenters. The number of nitrogens with one attached hydrogen (secondary N) is 1. The normalized spacial score (nSPS) is 19.3. The van der Waals surface area contributed by atoms with Crippen molar-refractivity contribution in [2.75, 3.05) is 34.8 Å². The molecule has 1 aromatic rings. The largest absolute Gasteiger partial charge is 0.370 e. The second-order valence-electron chi connectivity index (χ2n) is 4.44. The molecule has 1 fully saturated rings. The molecule has 0 saturated carbocycles. The zero-order chi connectivity index (χ0) is 13.8. The number of rotatable bonds is 4. The fourth-order valence-electron chi connectivity index (χ4n) is 2.12. The molecule has 1 aliphatic rings. The van der Waals surface area contributed by atoms with Gasteiger partial charge in [0.25, 0.3) is 0 Å². The van der Waals surface area contributed by atoms with Crippen LogP contribution in [0.3, 0.4) is 0 Å². The minimum Gasteiger partial charge on any atom is -0.370 e. The molecule has 7 heteroatoms. The van der Waals surface area contributed by atoms with Crippen LogP contribution >= 0.6 is 11.8 Å². The molecule has 1 N–H and O–H groups in total. The maximum Gasteiger partial charge on any atom is 0.311 e. The van der Waals surface area contributed by atoms with E-state index in [2.05, 4.69) is 17.2 Å². The van der Waals surface area contributed by atoms with Gasteiger partial charge in [0.2, 0.25) is 5.82 Å². The Morgan fingerprint density at radius 2 is 2.42 bits per heavy atom. The van der Waals surface area contributed by atoms with Crippen molar-refractivity contribution in [3.05, 3.63) is 22.2 Å². The average molecular weight is 282 g/mol. The van der Waals surface area contributed by atoms with E-state index in [-0.39, 0.29) is 16.7 Å². The quantitative estimate of drug-likeness (QED) is 0.675. The first kappa shape index (κ1) is 13.9. The predicted molar refractivity (Wildman–Crippen MR) is 79.2 cm³/mol. The highest BCUT2D eigenvalue weighted by Crippen LogP contribution is 2.31. The first-order valence-corrected chi connectivity index (χ1v) is 7.52. The van der Waals surface area contributed by atoms with Gasteiger partial charge in [-0.3, -0.25) is 10.1 Å². The maximum atomic E-state index is 11.2. The van der Waals surface area contributed by atoms with Crippen molar-refractivity contribution in [1.82, 2.24) is 4.98 Å². The molecule has 2 rings (SSSR count). The number of hydrogen-bond donors (Lipinski definition) is 1. The van der Waals surface area contributed by atoms with E-state index in [4.69, 9.17) is 0 Å². The molecule has 6 nitrogen and oxygen atoms in total. The highest BCUT2D eigenvalue weighted by Gasteiger charge is 2.27. The lowest BCUT2D eigenvalue weighted by Gasteiger charge is -2.33. The summed E-state index contributed by atoms with van der Waals surface area (Å²) in [4.78, 5) is 17.3. The van der Waals surface area contributed by atoms with Crippen LogP contribution in [0.1, 0.15) is 13.8 Å². The van der Waals surface area contributed by atoms with E-state index >= 15 is 0 Å². The third kappa shape index (κ3) is 3.09. The van der Waals surface area contributed by atoms with E-state index < -0.39 is 0 Å². The predicted octanol–water partition coefficient (Wildman–Crippen LogP) is 2.36. The molecule has 1 aliphatic heterocycles. The summed E-state index contributed by atoms with van der Waals surface area (Å²) in [5.41, 5.74) is 0.0837. The zero-order valence-electron chi connectivity index (χ0n) is 11.1. The van der Waals surface area contributed by atoms with Gasteiger partial charge in [-0.1, -0.05) is 0 Å². The fraction of sp³-hybridized carbons (Fsp3) is 0.583. The second kappa shape index (κ2) is 6.10. The average Bonchev–Trinajstić information content (AvgIpc) is 2.39. The summed E-state index contributed by atoms with van der Waals surface area (Å²) in [5, 5.41) is 14.3. The van der Waals surface area contributed by atoms with Crippen molar-refractivity contribution < 1.29 is 4.92 Å². The van der Waals surface area contributed by atoms with E-state index in [0.717, 1.165) is 24.6 Å². The molecule has 0 aromatic carbocycles. The van der Waals surface area contributed by atoms with E-state index in [0.29, 0.717) is 11.6 Å². The first-order valence-electron chi connectivity index (χ1n) is 6.37. The Morgan fingerprint density at radius 1 is 1.63 bits per heavy atom. The number of anilines is 2. The Labute approximate surface area is 116 Å². The van der Waals surface area contributed by atoms with Crippen molar-refractivity contribution in [2.24, 2.45) is 0 Å². The Bertz CT molecular complexity index is 469. The van der Waals surface area contributed by atoms with E-state index in [1.54, 1.807) is 6.07 Å². The first-order chi connectivity index (χ1) is 9.13. The summed E-state index contributed by atoms with van der Waals surface area (Å²) in [6.07, 6.45) is 0. The van der Waals surface area contributed by atoms with Gasteiger partial charge in [0.1, 0.15) is 5.82 Å². The zero-order valence-corrected chi connectivity index (χ0v) is 11.9. The van der Waals surface area contributed by atoms with Crippen molar-refractivity contribution in [2.45, 2.75) is 19.9 Å². The number of thioether (sulfide) groups is 1. The lowest BCUT2D eigenvalue weighted by molar-refractivity contribution is -0.384. The Morgan fingerprint density at radius 3 is 3.05 bits per heavy atom. The maximum absolute atomic E-state index is 11.2. The molecular formula is C12H18N4O2S. The van der Waals surface area contributed by atoms with Gasteiger partial charge in [-0.25, -0.2) is 4.98 Å². The van der Waals surface area contributed by atoms with Crippen LogP contribution in [0.4, 0.5) is 17.3 Å². The van der Waals surface area contributed by atoms with Gasteiger partial charge in [0, 0.05) is 36.7 Å². The minimum atomic E-state index is -0.355. The van der Waals surface area contributed by atoms with Crippen LogP contribution in [0.5, 0.6) is 0 Å². The fourth-order valence-corrected chi connectivity index (χ4v) is 3.13. The molecule has 0 bridgehead atoms. The number of aromatic nitrogens is 1. The van der Waals surface area contributed by atoms with E-state index in [1.165, 1.54) is 6.07 Å². The molecule has 1 aromatic heterocycles. The van der Waals surface area contributed by atoms with Gasteiger partial charge >= 0.3 is 5.69 Å². The summed E-state index contributed by atoms with van der Waals surface area (Å²) in [5.74, 6) is 3.13. The molecular weight excluding hydrogens is 264 g/mol. The van der Waals surface area contributed by atoms with Gasteiger partial charge in [-0.05, 0) is 19.9 Å². The summed E-state index contributed by atoms with van der Waals surface area (Å²) in [6.45, 7) is 5.60. The Balaban J connectivity index is 2.38. The Kier molecular flexibility index (Phi) is 4.47.